The molecule has 0 bridgehead atoms. The number of hydrogen-bond acceptors (Lipinski definition) is 4. The Labute approximate surface area is 109 Å². The number of rotatable bonds is 4. The second-order valence-electron chi connectivity index (χ2n) is 3.40. The van der Waals surface area contributed by atoms with Gasteiger partial charge in [0.25, 0.3) is 0 Å². The molecule has 0 aliphatic carbocycles. The Hall–Kier alpha value is -0.370. The first-order valence-corrected chi connectivity index (χ1v) is 6.77. The topological polar surface area (TPSA) is 89.6 Å². The predicted octanol–water partition coefficient (Wildman–Crippen LogP) is 1.64. The van der Waals surface area contributed by atoms with Crippen LogP contribution in [0.1, 0.15) is 18.6 Å². The van der Waals surface area contributed by atoms with Crippen LogP contribution in [0.4, 0.5) is 0 Å². The molecule has 0 spiro atoms. The van der Waals surface area contributed by atoms with Gasteiger partial charge in [0, 0.05) is 15.6 Å². The van der Waals surface area contributed by atoms with Crippen LogP contribution in [-0.2, 0) is 14.5 Å². The van der Waals surface area contributed by atoms with E-state index in [9.17, 15) is 13.5 Å². The molecule has 1 aromatic carbocycles. The third kappa shape index (κ3) is 4.42. The molecule has 0 aliphatic heterocycles. The van der Waals surface area contributed by atoms with Gasteiger partial charge in [-0.1, -0.05) is 29.3 Å². The van der Waals surface area contributed by atoms with E-state index in [2.05, 4.69) is 4.18 Å². The van der Waals surface area contributed by atoms with Crippen molar-refractivity contribution in [2.24, 2.45) is 5.14 Å². The van der Waals surface area contributed by atoms with Crippen LogP contribution in [0.25, 0.3) is 0 Å². The molecule has 0 saturated heterocycles. The minimum atomic E-state index is -4.13. The van der Waals surface area contributed by atoms with Crippen molar-refractivity contribution < 1.29 is 17.7 Å². The smallest absolute Gasteiger partial charge is 0.333 e. The zero-order valence-corrected chi connectivity index (χ0v) is 11.1. The maximum atomic E-state index is 10.7. The summed E-state index contributed by atoms with van der Waals surface area (Å²) in [7, 11) is -4.13. The van der Waals surface area contributed by atoms with Crippen molar-refractivity contribution in [2.45, 2.75) is 19.1 Å². The Morgan fingerprint density at radius 2 is 2.00 bits per heavy atom. The molecular formula is C9H11Cl2NO4S. The Morgan fingerprint density at radius 1 is 1.41 bits per heavy atom. The van der Waals surface area contributed by atoms with Crippen LogP contribution in [0, 0.1) is 0 Å². The van der Waals surface area contributed by atoms with Gasteiger partial charge in [-0.2, -0.15) is 8.42 Å². The van der Waals surface area contributed by atoms with E-state index >= 15 is 0 Å². The highest BCUT2D eigenvalue weighted by molar-refractivity contribution is 7.84. The third-order valence-electron chi connectivity index (χ3n) is 2.01. The normalized spacial score (nSPS) is 15.6. The number of hydrogen-bond donors (Lipinski definition) is 2. The maximum Gasteiger partial charge on any atom is 0.333 e. The fourth-order valence-electron chi connectivity index (χ4n) is 1.26. The summed E-state index contributed by atoms with van der Waals surface area (Å²) in [5, 5.41) is 15.2. The summed E-state index contributed by atoms with van der Waals surface area (Å²) >= 11 is 11.6. The zero-order chi connectivity index (χ0) is 13.2. The van der Waals surface area contributed by atoms with Gasteiger partial charge in [0.2, 0.25) is 0 Å². The zero-order valence-electron chi connectivity index (χ0n) is 8.80. The highest BCUT2D eigenvalue weighted by Gasteiger charge is 2.23. The Bertz CT molecular complexity index is 506. The van der Waals surface area contributed by atoms with E-state index in [1.165, 1.54) is 25.1 Å². The van der Waals surface area contributed by atoms with Crippen LogP contribution in [0.3, 0.4) is 0 Å². The van der Waals surface area contributed by atoms with Crippen molar-refractivity contribution in [3.8, 4) is 0 Å². The first-order chi connectivity index (χ1) is 7.70. The minimum Gasteiger partial charge on any atom is -0.386 e. The van der Waals surface area contributed by atoms with Gasteiger partial charge in [0.1, 0.15) is 12.2 Å². The summed E-state index contributed by atoms with van der Waals surface area (Å²) in [6.07, 6.45) is -2.28. The molecule has 1 rings (SSSR count). The number of halogens is 2. The quantitative estimate of drug-likeness (QED) is 0.884. The highest BCUT2D eigenvalue weighted by Crippen LogP contribution is 2.29. The maximum absolute atomic E-state index is 10.7. The van der Waals surface area contributed by atoms with Crippen LogP contribution in [-0.4, -0.2) is 19.6 Å². The fraction of sp³-hybridized carbons (Fsp3) is 0.333. The van der Waals surface area contributed by atoms with Gasteiger partial charge in [-0.25, -0.2) is 5.14 Å². The summed E-state index contributed by atoms with van der Waals surface area (Å²) in [5.74, 6) is 0. The lowest BCUT2D eigenvalue weighted by molar-refractivity contribution is 0.0509. The van der Waals surface area contributed by atoms with Crippen LogP contribution < -0.4 is 5.14 Å². The largest absolute Gasteiger partial charge is 0.386 e. The molecule has 0 amide bonds. The van der Waals surface area contributed by atoms with Crippen LogP contribution in [0.5, 0.6) is 0 Å². The molecule has 17 heavy (non-hydrogen) atoms. The van der Waals surface area contributed by atoms with Crippen molar-refractivity contribution in [1.82, 2.24) is 0 Å². The molecule has 2 atom stereocenters. The van der Waals surface area contributed by atoms with E-state index in [0.29, 0.717) is 10.6 Å². The van der Waals surface area contributed by atoms with Crippen LogP contribution >= 0.6 is 23.2 Å². The second-order valence-corrected chi connectivity index (χ2v) is 5.43. The number of aliphatic hydroxyl groups is 1. The average Bonchev–Trinajstić information content (AvgIpc) is 2.14. The summed E-state index contributed by atoms with van der Waals surface area (Å²) in [4.78, 5) is 0. The summed E-state index contributed by atoms with van der Waals surface area (Å²) in [6.45, 7) is 1.36. The molecule has 5 nitrogen and oxygen atoms in total. The first kappa shape index (κ1) is 14.7. The fourth-order valence-corrected chi connectivity index (χ4v) is 2.31. The molecule has 3 N–H and O–H groups in total. The first-order valence-electron chi connectivity index (χ1n) is 4.54. The molecule has 0 fully saturated rings. The average molecular weight is 300 g/mol. The van der Waals surface area contributed by atoms with E-state index in [1.807, 2.05) is 0 Å². The van der Waals surface area contributed by atoms with E-state index in [4.69, 9.17) is 28.3 Å². The van der Waals surface area contributed by atoms with Crippen molar-refractivity contribution >= 4 is 33.5 Å². The van der Waals surface area contributed by atoms with Gasteiger partial charge < -0.3 is 5.11 Å². The lowest BCUT2D eigenvalue weighted by Crippen LogP contribution is -2.27. The van der Waals surface area contributed by atoms with Crippen molar-refractivity contribution in [1.29, 1.82) is 0 Å². The Morgan fingerprint density at radius 3 is 2.47 bits per heavy atom. The molecule has 0 radical (unpaired) electrons. The van der Waals surface area contributed by atoms with E-state index in [1.54, 1.807) is 0 Å². The molecule has 8 heteroatoms. The lowest BCUT2D eigenvalue weighted by Gasteiger charge is -2.19. The summed E-state index contributed by atoms with van der Waals surface area (Å²) < 4.78 is 25.9. The number of benzene rings is 1. The van der Waals surface area contributed by atoms with E-state index in [-0.39, 0.29) is 5.02 Å². The molecule has 0 aliphatic rings. The molecular weight excluding hydrogens is 289 g/mol. The Kier molecular flexibility index (Phi) is 4.77. The van der Waals surface area contributed by atoms with Crippen LogP contribution in [0.2, 0.25) is 10.0 Å². The summed E-state index contributed by atoms with van der Waals surface area (Å²) in [6, 6.07) is 4.44. The predicted molar refractivity (Wildman–Crippen MR) is 65.1 cm³/mol. The van der Waals surface area contributed by atoms with E-state index < -0.39 is 22.5 Å². The molecule has 0 heterocycles. The van der Waals surface area contributed by atoms with Gasteiger partial charge in [-0.3, -0.25) is 4.18 Å². The second kappa shape index (κ2) is 5.51. The SMILES string of the molecule is CC(OS(N)(=O)=O)C(O)c1ccc(Cl)cc1Cl. The number of aliphatic hydroxyl groups excluding tert-OH is 1. The van der Waals surface area contributed by atoms with Gasteiger partial charge in [0.15, 0.2) is 0 Å². The van der Waals surface area contributed by atoms with Gasteiger partial charge in [-0.05, 0) is 19.1 Å². The third-order valence-corrected chi connectivity index (χ3v) is 3.15. The van der Waals surface area contributed by atoms with Gasteiger partial charge in [-0.15, -0.1) is 0 Å². The molecule has 0 aromatic heterocycles. The molecule has 2 unspecified atom stereocenters. The highest BCUT2D eigenvalue weighted by atomic mass is 35.5. The van der Waals surface area contributed by atoms with Crippen molar-refractivity contribution in [2.75, 3.05) is 0 Å². The molecule has 0 saturated carbocycles. The molecule has 96 valence electrons. The Balaban J connectivity index is 2.92. The van der Waals surface area contributed by atoms with Crippen LogP contribution in [0.15, 0.2) is 18.2 Å². The summed E-state index contributed by atoms with van der Waals surface area (Å²) in [5.41, 5.74) is 0.312. The lowest BCUT2D eigenvalue weighted by atomic mass is 10.1. The number of nitrogens with two attached hydrogens (primary N) is 1. The van der Waals surface area contributed by atoms with E-state index in [0.717, 1.165) is 0 Å². The standard InChI is InChI=1S/C9H11Cl2NO4S/c1-5(16-17(12,14)15)9(13)7-3-2-6(10)4-8(7)11/h2-5,9,13H,1H3,(H2,12,14,15). The molecule has 1 aromatic rings. The van der Waals surface area contributed by atoms with Gasteiger partial charge >= 0.3 is 10.3 Å². The minimum absolute atomic E-state index is 0.217. The van der Waals surface area contributed by atoms with Crippen molar-refractivity contribution in [3.05, 3.63) is 33.8 Å². The van der Waals surface area contributed by atoms with Gasteiger partial charge in [0.05, 0.1) is 0 Å². The monoisotopic (exact) mass is 299 g/mol. The van der Waals surface area contributed by atoms with Crippen molar-refractivity contribution in [3.63, 3.8) is 0 Å².